The summed E-state index contributed by atoms with van der Waals surface area (Å²) in [6.45, 7) is 0. The number of nitrogens with zero attached hydrogens (tertiary/aromatic N) is 1. The number of rotatable bonds is 1. The predicted octanol–water partition coefficient (Wildman–Crippen LogP) is 1.40. The van der Waals surface area contributed by atoms with Gasteiger partial charge in [0.15, 0.2) is 5.65 Å². The number of halogens is 2. The summed E-state index contributed by atoms with van der Waals surface area (Å²) < 4.78 is 13.7. The first-order valence-corrected chi connectivity index (χ1v) is 5.60. The van der Waals surface area contributed by atoms with E-state index >= 15 is 0 Å². The van der Waals surface area contributed by atoms with Gasteiger partial charge in [-0.1, -0.05) is 11.6 Å². The van der Waals surface area contributed by atoms with Gasteiger partial charge in [0.1, 0.15) is 17.2 Å². The Balaban J connectivity index is 2.29. The lowest BCUT2D eigenvalue weighted by Crippen LogP contribution is -2.21. The Bertz CT molecular complexity index is 896. The van der Waals surface area contributed by atoms with Crippen LogP contribution in [0.1, 0.15) is 0 Å². The largest absolute Gasteiger partial charge is 0.332 e. The summed E-state index contributed by atoms with van der Waals surface area (Å²) in [4.78, 5) is 33.7. The highest BCUT2D eigenvalue weighted by atomic mass is 35.5. The number of benzene rings is 1. The third kappa shape index (κ3) is 1.93. The van der Waals surface area contributed by atoms with Gasteiger partial charge in [-0.15, -0.1) is 0 Å². The monoisotopic (exact) mass is 280 g/mol. The molecule has 0 aliphatic carbocycles. The fraction of sp³-hybridized carbons (Fsp3) is 0. The van der Waals surface area contributed by atoms with E-state index in [4.69, 9.17) is 11.6 Å². The van der Waals surface area contributed by atoms with E-state index in [9.17, 15) is 14.0 Å². The second kappa shape index (κ2) is 4.06. The molecule has 0 saturated carbocycles. The molecule has 1 aromatic carbocycles. The van der Waals surface area contributed by atoms with E-state index in [1.807, 2.05) is 4.98 Å². The molecule has 0 radical (unpaired) electrons. The van der Waals surface area contributed by atoms with Crippen molar-refractivity contribution in [2.24, 2.45) is 0 Å². The van der Waals surface area contributed by atoms with Crippen LogP contribution in [0.15, 0.2) is 27.8 Å². The SMILES string of the molecule is O=c1[nH]c(=O)c2[nH]c(-c3ccc(Cl)cc3F)nc2[nH]1. The first kappa shape index (κ1) is 11.7. The van der Waals surface area contributed by atoms with Gasteiger partial charge >= 0.3 is 5.69 Å². The molecule has 3 rings (SSSR count). The van der Waals surface area contributed by atoms with Crippen LogP contribution in [0.5, 0.6) is 0 Å². The summed E-state index contributed by atoms with van der Waals surface area (Å²) in [6.07, 6.45) is 0. The Morgan fingerprint density at radius 1 is 1.16 bits per heavy atom. The van der Waals surface area contributed by atoms with Crippen LogP contribution in [-0.4, -0.2) is 19.9 Å². The molecule has 0 aliphatic rings. The molecule has 0 amide bonds. The molecule has 0 bridgehead atoms. The lowest BCUT2D eigenvalue weighted by Gasteiger charge is -1.98. The van der Waals surface area contributed by atoms with Crippen LogP contribution in [-0.2, 0) is 0 Å². The highest BCUT2D eigenvalue weighted by molar-refractivity contribution is 6.30. The number of H-pyrrole nitrogens is 3. The minimum atomic E-state index is -0.674. The molecule has 6 nitrogen and oxygen atoms in total. The molecule has 3 aromatic rings. The average Bonchev–Trinajstić information content (AvgIpc) is 2.72. The van der Waals surface area contributed by atoms with E-state index < -0.39 is 17.1 Å². The minimum absolute atomic E-state index is 0.0677. The van der Waals surface area contributed by atoms with Gasteiger partial charge in [-0.3, -0.25) is 14.8 Å². The summed E-state index contributed by atoms with van der Waals surface area (Å²) in [5, 5.41) is 0.253. The average molecular weight is 281 g/mol. The van der Waals surface area contributed by atoms with Crippen molar-refractivity contribution in [1.82, 2.24) is 19.9 Å². The lowest BCUT2D eigenvalue weighted by atomic mass is 10.2. The van der Waals surface area contributed by atoms with Gasteiger partial charge in [0.05, 0.1) is 5.56 Å². The fourth-order valence-corrected chi connectivity index (χ4v) is 1.90. The number of hydrogen-bond donors (Lipinski definition) is 3. The van der Waals surface area contributed by atoms with Crippen molar-refractivity contribution in [1.29, 1.82) is 0 Å². The van der Waals surface area contributed by atoms with Crippen molar-refractivity contribution in [3.05, 3.63) is 49.9 Å². The molecule has 0 saturated heterocycles. The van der Waals surface area contributed by atoms with Gasteiger partial charge < -0.3 is 4.98 Å². The van der Waals surface area contributed by atoms with E-state index in [2.05, 4.69) is 15.0 Å². The molecule has 8 heteroatoms. The second-order valence-electron chi connectivity index (χ2n) is 3.84. The summed E-state index contributed by atoms with van der Waals surface area (Å²) in [5.74, 6) is -0.443. The number of hydrogen-bond acceptors (Lipinski definition) is 3. The summed E-state index contributed by atoms with van der Waals surface area (Å²) >= 11 is 5.66. The van der Waals surface area contributed by atoms with Crippen molar-refractivity contribution in [2.45, 2.75) is 0 Å². The van der Waals surface area contributed by atoms with Crippen molar-refractivity contribution in [2.75, 3.05) is 0 Å². The van der Waals surface area contributed by atoms with Gasteiger partial charge in [0.2, 0.25) is 0 Å². The van der Waals surface area contributed by atoms with Crippen LogP contribution in [0.3, 0.4) is 0 Å². The van der Waals surface area contributed by atoms with Crippen LogP contribution in [0.25, 0.3) is 22.6 Å². The first-order valence-electron chi connectivity index (χ1n) is 5.22. The molecule has 96 valence electrons. The maximum Gasteiger partial charge on any atom is 0.327 e. The fourth-order valence-electron chi connectivity index (χ4n) is 1.74. The van der Waals surface area contributed by atoms with Gasteiger partial charge in [-0.2, -0.15) is 0 Å². The number of aromatic amines is 3. The maximum absolute atomic E-state index is 13.7. The predicted molar refractivity (Wildman–Crippen MR) is 67.7 cm³/mol. The summed E-state index contributed by atoms with van der Waals surface area (Å²) in [7, 11) is 0. The Morgan fingerprint density at radius 3 is 2.68 bits per heavy atom. The van der Waals surface area contributed by atoms with E-state index in [0.717, 1.165) is 6.07 Å². The van der Waals surface area contributed by atoms with Crippen LogP contribution < -0.4 is 11.2 Å². The summed E-state index contributed by atoms with van der Waals surface area (Å²) in [6, 6.07) is 4.07. The first-order chi connectivity index (χ1) is 9.04. The quantitative estimate of drug-likeness (QED) is 0.629. The van der Waals surface area contributed by atoms with Crippen molar-refractivity contribution < 1.29 is 4.39 Å². The number of imidazole rings is 1. The van der Waals surface area contributed by atoms with Crippen molar-refractivity contribution in [3.8, 4) is 11.4 Å². The van der Waals surface area contributed by atoms with Gasteiger partial charge in [0, 0.05) is 5.02 Å². The van der Waals surface area contributed by atoms with Gasteiger partial charge in [-0.05, 0) is 18.2 Å². The van der Waals surface area contributed by atoms with Crippen molar-refractivity contribution in [3.63, 3.8) is 0 Å². The Morgan fingerprint density at radius 2 is 1.95 bits per heavy atom. The Hall–Kier alpha value is -2.41. The molecular weight excluding hydrogens is 275 g/mol. The minimum Gasteiger partial charge on any atom is -0.332 e. The van der Waals surface area contributed by atoms with Crippen molar-refractivity contribution >= 4 is 22.8 Å². The normalized spacial score (nSPS) is 11.1. The van der Waals surface area contributed by atoms with Crippen LogP contribution >= 0.6 is 11.6 Å². The molecule has 2 heterocycles. The number of fused-ring (bicyclic) bond motifs is 1. The molecule has 0 atom stereocenters. The summed E-state index contributed by atoms with van der Waals surface area (Å²) in [5.41, 5.74) is -0.998. The second-order valence-corrected chi connectivity index (χ2v) is 4.28. The number of nitrogens with one attached hydrogen (secondary N) is 3. The highest BCUT2D eigenvalue weighted by Crippen LogP contribution is 2.23. The zero-order valence-electron chi connectivity index (χ0n) is 9.25. The zero-order valence-corrected chi connectivity index (χ0v) is 10.0. The lowest BCUT2D eigenvalue weighted by molar-refractivity contribution is 0.630. The molecule has 0 aliphatic heterocycles. The molecule has 0 fully saturated rings. The molecule has 0 spiro atoms. The molecule has 3 N–H and O–H groups in total. The van der Waals surface area contributed by atoms with E-state index in [1.165, 1.54) is 12.1 Å². The van der Waals surface area contributed by atoms with E-state index in [0.29, 0.717) is 0 Å². The standard InChI is InChI=1S/C11H6ClFN4O2/c12-4-1-2-5(6(13)3-4)8-14-7-9(15-8)16-11(19)17-10(7)18/h1-3H,(H3,14,15,16,17,18,19). The molecular formula is C11H6ClFN4O2. The topological polar surface area (TPSA) is 94.4 Å². The van der Waals surface area contributed by atoms with Gasteiger partial charge in [0.25, 0.3) is 5.56 Å². The maximum atomic E-state index is 13.7. The molecule has 2 aromatic heterocycles. The van der Waals surface area contributed by atoms with Crippen LogP contribution in [0.4, 0.5) is 4.39 Å². The Labute approximate surface area is 109 Å². The molecule has 0 unspecified atom stereocenters. The highest BCUT2D eigenvalue weighted by Gasteiger charge is 2.12. The van der Waals surface area contributed by atoms with Crippen LogP contribution in [0.2, 0.25) is 5.02 Å². The van der Waals surface area contributed by atoms with E-state index in [-0.39, 0.29) is 27.6 Å². The zero-order chi connectivity index (χ0) is 13.6. The van der Waals surface area contributed by atoms with Gasteiger partial charge in [-0.25, -0.2) is 14.2 Å². The third-order valence-corrected chi connectivity index (χ3v) is 2.81. The smallest absolute Gasteiger partial charge is 0.327 e. The Kier molecular flexibility index (Phi) is 2.49. The molecule has 19 heavy (non-hydrogen) atoms. The van der Waals surface area contributed by atoms with E-state index in [1.54, 1.807) is 0 Å². The number of aromatic nitrogens is 4. The van der Waals surface area contributed by atoms with Crippen LogP contribution in [0, 0.1) is 5.82 Å². The third-order valence-electron chi connectivity index (χ3n) is 2.58.